The van der Waals surface area contributed by atoms with E-state index in [9.17, 15) is 9.18 Å². The first-order chi connectivity index (χ1) is 5.33. The van der Waals surface area contributed by atoms with Crippen LogP contribution in [-0.4, -0.2) is 26.2 Å². The Morgan fingerprint density at radius 2 is 2.45 bits per heavy atom. The number of halogens is 1. The molecule has 0 aromatic heterocycles. The summed E-state index contributed by atoms with van der Waals surface area (Å²) < 4.78 is 16.9. The molecule has 0 aromatic carbocycles. The summed E-state index contributed by atoms with van der Waals surface area (Å²) in [6, 6.07) is 0. The highest BCUT2D eigenvalue weighted by Gasteiger charge is 2.33. The van der Waals surface area contributed by atoms with E-state index in [4.69, 9.17) is 4.74 Å². The van der Waals surface area contributed by atoms with E-state index in [1.54, 1.807) is 0 Å². The Balaban J connectivity index is 2.39. The van der Waals surface area contributed by atoms with Gasteiger partial charge in [-0.05, 0) is 19.3 Å². The first-order valence-corrected chi connectivity index (χ1v) is 3.93. The number of aldehydes is 1. The SMILES string of the molecule is O=CC1(CCCF)CCOC1. The lowest BCUT2D eigenvalue weighted by atomic mass is 9.84. The summed E-state index contributed by atoms with van der Waals surface area (Å²) in [6.45, 7) is 0.789. The minimum atomic E-state index is -0.355. The average molecular weight is 160 g/mol. The summed E-state index contributed by atoms with van der Waals surface area (Å²) in [4.78, 5) is 10.6. The van der Waals surface area contributed by atoms with Crippen molar-refractivity contribution in [3.63, 3.8) is 0 Å². The van der Waals surface area contributed by atoms with Crippen LogP contribution in [0.25, 0.3) is 0 Å². The standard InChI is InChI=1S/C8H13FO2/c9-4-1-2-8(6-10)3-5-11-7-8/h6H,1-5,7H2. The van der Waals surface area contributed by atoms with Gasteiger partial charge in [0, 0.05) is 6.61 Å². The van der Waals surface area contributed by atoms with E-state index in [1.807, 2.05) is 0 Å². The van der Waals surface area contributed by atoms with E-state index in [1.165, 1.54) is 0 Å². The lowest BCUT2D eigenvalue weighted by Gasteiger charge is -2.18. The van der Waals surface area contributed by atoms with Crippen LogP contribution in [0.4, 0.5) is 4.39 Å². The molecule has 0 saturated carbocycles. The Kier molecular flexibility index (Phi) is 3.00. The second kappa shape index (κ2) is 3.81. The molecule has 11 heavy (non-hydrogen) atoms. The van der Waals surface area contributed by atoms with Gasteiger partial charge < -0.3 is 9.53 Å². The van der Waals surface area contributed by atoms with Gasteiger partial charge in [-0.25, -0.2) is 0 Å². The first kappa shape index (κ1) is 8.65. The molecule has 0 bridgehead atoms. The molecule has 1 unspecified atom stereocenters. The Morgan fingerprint density at radius 1 is 1.64 bits per heavy atom. The van der Waals surface area contributed by atoms with Gasteiger partial charge in [0.2, 0.25) is 0 Å². The van der Waals surface area contributed by atoms with E-state index in [2.05, 4.69) is 0 Å². The second-order valence-corrected chi connectivity index (χ2v) is 3.08. The molecule has 0 aromatic rings. The monoisotopic (exact) mass is 160 g/mol. The van der Waals surface area contributed by atoms with Gasteiger partial charge in [-0.3, -0.25) is 4.39 Å². The van der Waals surface area contributed by atoms with Crippen LogP contribution in [-0.2, 0) is 9.53 Å². The highest BCUT2D eigenvalue weighted by atomic mass is 19.1. The maximum atomic E-state index is 11.8. The maximum Gasteiger partial charge on any atom is 0.128 e. The fourth-order valence-electron chi connectivity index (χ4n) is 1.39. The van der Waals surface area contributed by atoms with Gasteiger partial charge in [0.25, 0.3) is 0 Å². The van der Waals surface area contributed by atoms with Gasteiger partial charge in [0.05, 0.1) is 18.7 Å². The Morgan fingerprint density at radius 3 is 2.91 bits per heavy atom. The highest BCUT2D eigenvalue weighted by molar-refractivity contribution is 5.59. The largest absolute Gasteiger partial charge is 0.380 e. The third-order valence-corrected chi connectivity index (χ3v) is 2.19. The van der Waals surface area contributed by atoms with Crippen molar-refractivity contribution in [3.8, 4) is 0 Å². The van der Waals surface area contributed by atoms with Crippen LogP contribution >= 0.6 is 0 Å². The predicted octanol–water partition coefficient (Wildman–Crippen LogP) is 1.34. The van der Waals surface area contributed by atoms with Crippen LogP contribution in [0.1, 0.15) is 19.3 Å². The van der Waals surface area contributed by atoms with Gasteiger partial charge in [0.1, 0.15) is 6.29 Å². The summed E-state index contributed by atoms with van der Waals surface area (Å²) in [7, 11) is 0. The molecular formula is C8H13FO2. The molecule has 1 saturated heterocycles. The van der Waals surface area contributed by atoms with Crippen molar-refractivity contribution >= 4 is 6.29 Å². The molecule has 1 heterocycles. The summed E-state index contributed by atoms with van der Waals surface area (Å²) in [5.41, 5.74) is -0.355. The van der Waals surface area contributed by atoms with Crippen LogP contribution in [0.15, 0.2) is 0 Å². The van der Waals surface area contributed by atoms with E-state index in [0.29, 0.717) is 26.1 Å². The topological polar surface area (TPSA) is 26.3 Å². The van der Waals surface area contributed by atoms with E-state index in [-0.39, 0.29) is 12.1 Å². The lowest BCUT2D eigenvalue weighted by molar-refractivity contribution is -0.116. The number of carbonyl (C=O) groups excluding carboxylic acids is 1. The van der Waals surface area contributed by atoms with Crippen LogP contribution < -0.4 is 0 Å². The predicted molar refractivity (Wildman–Crippen MR) is 39.1 cm³/mol. The Bertz CT molecular complexity index is 130. The summed E-state index contributed by atoms with van der Waals surface area (Å²) in [5, 5.41) is 0. The number of carbonyl (C=O) groups is 1. The third-order valence-electron chi connectivity index (χ3n) is 2.19. The van der Waals surface area contributed by atoms with Crippen LogP contribution in [0.2, 0.25) is 0 Å². The lowest BCUT2D eigenvalue weighted by Crippen LogP contribution is -2.22. The summed E-state index contributed by atoms with van der Waals surface area (Å²) in [5.74, 6) is 0. The zero-order valence-electron chi connectivity index (χ0n) is 6.51. The van der Waals surface area contributed by atoms with Crippen molar-refractivity contribution in [2.75, 3.05) is 19.9 Å². The third kappa shape index (κ3) is 1.99. The number of rotatable bonds is 4. The second-order valence-electron chi connectivity index (χ2n) is 3.08. The van der Waals surface area contributed by atoms with Crippen molar-refractivity contribution in [2.45, 2.75) is 19.3 Å². The quantitative estimate of drug-likeness (QED) is 0.580. The summed E-state index contributed by atoms with van der Waals surface area (Å²) in [6.07, 6.45) is 2.79. The van der Waals surface area contributed by atoms with Crippen molar-refractivity contribution in [2.24, 2.45) is 5.41 Å². The zero-order chi connectivity index (χ0) is 8.16. The molecule has 0 radical (unpaired) electrons. The molecule has 1 aliphatic rings. The molecule has 0 N–H and O–H groups in total. The van der Waals surface area contributed by atoms with Crippen LogP contribution in [0, 0.1) is 5.41 Å². The molecule has 0 spiro atoms. The number of ether oxygens (including phenoxy) is 1. The molecular weight excluding hydrogens is 147 g/mol. The first-order valence-electron chi connectivity index (χ1n) is 3.93. The molecule has 1 atom stereocenters. The fraction of sp³-hybridized carbons (Fsp3) is 0.875. The van der Waals surface area contributed by atoms with E-state index < -0.39 is 0 Å². The fourth-order valence-corrected chi connectivity index (χ4v) is 1.39. The molecule has 64 valence electrons. The molecule has 1 rings (SSSR count). The zero-order valence-corrected chi connectivity index (χ0v) is 6.51. The average Bonchev–Trinajstić information content (AvgIpc) is 2.50. The molecule has 2 nitrogen and oxygen atoms in total. The molecule has 3 heteroatoms. The minimum absolute atomic E-state index is 0.338. The van der Waals surface area contributed by atoms with Crippen LogP contribution in [0.5, 0.6) is 0 Å². The van der Waals surface area contributed by atoms with Gasteiger partial charge in [0.15, 0.2) is 0 Å². The van der Waals surface area contributed by atoms with E-state index >= 15 is 0 Å². The van der Waals surface area contributed by atoms with Crippen molar-refractivity contribution in [1.82, 2.24) is 0 Å². The maximum absolute atomic E-state index is 11.8. The highest BCUT2D eigenvalue weighted by Crippen LogP contribution is 2.31. The van der Waals surface area contributed by atoms with Crippen molar-refractivity contribution in [3.05, 3.63) is 0 Å². The minimum Gasteiger partial charge on any atom is -0.380 e. The Labute approximate surface area is 65.7 Å². The molecule has 1 aliphatic heterocycles. The van der Waals surface area contributed by atoms with Gasteiger partial charge in [-0.15, -0.1) is 0 Å². The summed E-state index contributed by atoms with van der Waals surface area (Å²) >= 11 is 0. The Hall–Kier alpha value is -0.440. The molecule has 0 amide bonds. The van der Waals surface area contributed by atoms with Crippen molar-refractivity contribution < 1.29 is 13.9 Å². The normalized spacial score (nSPS) is 30.6. The smallest absolute Gasteiger partial charge is 0.128 e. The van der Waals surface area contributed by atoms with Gasteiger partial charge in [-0.1, -0.05) is 0 Å². The molecule has 0 aliphatic carbocycles. The van der Waals surface area contributed by atoms with E-state index in [0.717, 1.165) is 12.7 Å². The number of hydrogen-bond donors (Lipinski definition) is 0. The van der Waals surface area contributed by atoms with Gasteiger partial charge in [-0.2, -0.15) is 0 Å². The number of alkyl halides is 1. The van der Waals surface area contributed by atoms with Crippen LogP contribution in [0.3, 0.4) is 0 Å². The number of hydrogen-bond acceptors (Lipinski definition) is 2. The molecule has 1 fully saturated rings. The van der Waals surface area contributed by atoms with Crippen molar-refractivity contribution in [1.29, 1.82) is 0 Å². The van der Waals surface area contributed by atoms with Gasteiger partial charge >= 0.3 is 0 Å².